The van der Waals surface area contributed by atoms with Crippen molar-refractivity contribution in [2.75, 3.05) is 32.7 Å². The molecule has 0 aromatic carbocycles. The van der Waals surface area contributed by atoms with Gasteiger partial charge in [-0.05, 0) is 44.8 Å². The molecule has 3 atom stereocenters. The first kappa shape index (κ1) is 13.8. The molecule has 0 radical (unpaired) electrons. The maximum Gasteiger partial charge on any atom is 0.224 e. The second kappa shape index (κ2) is 6.53. The molecule has 0 saturated carbocycles. The van der Waals surface area contributed by atoms with E-state index in [4.69, 9.17) is 0 Å². The quantitative estimate of drug-likeness (QED) is 0.783. The Morgan fingerprint density at radius 2 is 2.28 bits per heavy atom. The number of hydrogen-bond acceptors (Lipinski definition) is 3. The summed E-state index contributed by atoms with van der Waals surface area (Å²) in [5.41, 5.74) is 0. The summed E-state index contributed by atoms with van der Waals surface area (Å²) in [7, 11) is 0. The molecular weight excluding hydrogens is 226 g/mol. The van der Waals surface area contributed by atoms with Crippen molar-refractivity contribution in [3.05, 3.63) is 0 Å². The Morgan fingerprint density at radius 3 is 3.00 bits per heavy atom. The number of rotatable bonds is 3. The number of likely N-dealkylation sites (N-methyl/N-ethyl adjacent to an activating group) is 1. The third-order valence-electron chi connectivity index (χ3n) is 4.24. The molecule has 0 bridgehead atoms. The van der Waals surface area contributed by atoms with Gasteiger partial charge in [-0.2, -0.15) is 0 Å². The Kier molecular flexibility index (Phi) is 5.01. The molecule has 104 valence electrons. The van der Waals surface area contributed by atoms with Crippen molar-refractivity contribution in [2.45, 2.75) is 39.2 Å². The van der Waals surface area contributed by atoms with E-state index in [1.165, 1.54) is 13.0 Å². The van der Waals surface area contributed by atoms with E-state index in [0.29, 0.717) is 12.0 Å². The van der Waals surface area contributed by atoms with Crippen LogP contribution in [0.15, 0.2) is 0 Å². The lowest BCUT2D eigenvalue weighted by Crippen LogP contribution is -2.51. The van der Waals surface area contributed by atoms with Crippen LogP contribution < -0.4 is 10.6 Å². The number of piperidine rings is 2. The first-order valence-electron chi connectivity index (χ1n) is 7.42. The Bertz CT molecular complexity index is 282. The lowest BCUT2D eigenvalue weighted by atomic mass is 9.91. The number of nitrogens with one attached hydrogen (secondary N) is 2. The molecule has 0 spiro atoms. The van der Waals surface area contributed by atoms with Crippen molar-refractivity contribution >= 4 is 5.91 Å². The Hall–Kier alpha value is -0.610. The molecule has 2 fully saturated rings. The number of likely N-dealkylation sites (tertiary alicyclic amines) is 1. The minimum Gasteiger partial charge on any atom is -0.352 e. The standard InChI is InChI=1S/C14H27N3O/c1-3-17-6-4-5-13(10-17)16-14(18)12-7-11(2)8-15-9-12/h11-13,15H,3-10H2,1-2H3,(H,16,18). The van der Waals surface area contributed by atoms with Crippen LogP contribution >= 0.6 is 0 Å². The van der Waals surface area contributed by atoms with Gasteiger partial charge in [0.25, 0.3) is 0 Å². The monoisotopic (exact) mass is 253 g/mol. The molecule has 2 aliphatic heterocycles. The summed E-state index contributed by atoms with van der Waals surface area (Å²) in [6.45, 7) is 9.61. The highest BCUT2D eigenvalue weighted by atomic mass is 16.2. The van der Waals surface area contributed by atoms with Gasteiger partial charge in [0, 0.05) is 19.1 Å². The Labute approximate surface area is 110 Å². The van der Waals surface area contributed by atoms with Crippen LogP contribution in [0.4, 0.5) is 0 Å². The average molecular weight is 253 g/mol. The van der Waals surface area contributed by atoms with Crippen molar-refractivity contribution in [1.29, 1.82) is 0 Å². The smallest absolute Gasteiger partial charge is 0.224 e. The second-order valence-electron chi connectivity index (χ2n) is 5.94. The predicted octanol–water partition coefficient (Wildman–Crippen LogP) is 0.833. The first-order chi connectivity index (χ1) is 8.69. The van der Waals surface area contributed by atoms with Gasteiger partial charge >= 0.3 is 0 Å². The van der Waals surface area contributed by atoms with Gasteiger partial charge in [0.2, 0.25) is 5.91 Å². The maximum atomic E-state index is 12.2. The van der Waals surface area contributed by atoms with E-state index in [9.17, 15) is 4.79 Å². The summed E-state index contributed by atoms with van der Waals surface area (Å²) in [4.78, 5) is 14.7. The van der Waals surface area contributed by atoms with Gasteiger partial charge in [0.05, 0.1) is 5.92 Å². The molecule has 2 aliphatic rings. The molecular formula is C14H27N3O. The second-order valence-corrected chi connectivity index (χ2v) is 5.94. The van der Waals surface area contributed by atoms with Crippen LogP contribution in [-0.2, 0) is 4.79 Å². The molecule has 2 rings (SSSR count). The highest BCUT2D eigenvalue weighted by Gasteiger charge is 2.27. The maximum absolute atomic E-state index is 12.2. The summed E-state index contributed by atoms with van der Waals surface area (Å²) in [6, 6.07) is 0.364. The topological polar surface area (TPSA) is 44.4 Å². The van der Waals surface area contributed by atoms with Crippen LogP contribution in [0.25, 0.3) is 0 Å². The fraction of sp³-hybridized carbons (Fsp3) is 0.929. The number of amides is 1. The fourth-order valence-corrected chi connectivity index (χ4v) is 3.14. The van der Waals surface area contributed by atoms with E-state index in [1.807, 2.05) is 0 Å². The molecule has 2 saturated heterocycles. The van der Waals surface area contributed by atoms with Crippen molar-refractivity contribution < 1.29 is 4.79 Å². The van der Waals surface area contributed by atoms with Crippen molar-refractivity contribution in [2.24, 2.45) is 11.8 Å². The van der Waals surface area contributed by atoms with E-state index in [1.54, 1.807) is 0 Å². The molecule has 4 nitrogen and oxygen atoms in total. The van der Waals surface area contributed by atoms with E-state index >= 15 is 0 Å². The highest BCUT2D eigenvalue weighted by molar-refractivity contribution is 5.79. The highest BCUT2D eigenvalue weighted by Crippen LogP contribution is 2.17. The molecule has 3 unspecified atom stereocenters. The molecule has 4 heteroatoms. The molecule has 1 amide bonds. The van der Waals surface area contributed by atoms with Crippen molar-refractivity contribution in [3.63, 3.8) is 0 Å². The summed E-state index contributed by atoms with van der Waals surface area (Å²) < 4.78 is 0. The first-order valence-corrected chi connectivity index (χ1v) is 7.42. The van der Waals surface area contributed by atoms with Crippen molar-refractivity contribution in [3.8, 4) is 0 Å². The van der Waals surface area contributed by atoms with Gasteiger partial charge < -0.3 is 15.5 Å². The summed E-state index contributed by atoms with van der Waals surface area (Å²) in [5, 5.41) is 6.60. The normalized spacial score (nSPS) is 34.2. The fourth-order valence-electron chi connectivity index (χ4n) is 3.14. The summed E-state index contributed by atoms with van der Waals surface area (Å²) in [5.74, 6) is 1.05. The Balaban J connectivity index is 1.79. The van der Waals surface area contributed by atoms with E-state index < -0.39 is 0 Å². The number of carbonyl (C=O) groups excluding carboxylic acids is 1. The van der Waals surface area contributed by atoms with Crippen LogP contribution in [-0.4, -0.2) is 49.6 Å². The molecule has 0 aromatic rings. The van der Waals surface area contributed by atoms with Crippen LogP contribution in [0.5, 0.6) is 0 Å². The molecule has 0 aliphatic carbocycles. The molecule has 18 heavy (non-hydrogen) atoms. The van der Waals surface area contributed by atoms with Gasteiger partial charge in [0.15, 0.2) is 0 Å². The average Bonchev–Trinajstić information content (AvgIpc) is 2.39. The number of carbonyl (C=O) groups is 1. The van der Waals surface area contributed by atoms with Gasteiger partial charge in [-0.3, -0.25) is 4.79 Å². The largest absolute Gasteiger partial charge is 0.352 e. The van der Waals surface area contributed by atoms with Crippen LogP contribution in [0, 0.1) is 11.8 Å². The molecule has 2 heterocycles. The lowest BCUT2D eigenvalue weighted by molar-refractivity contribution is -0.127. The van der Waals surface area contributed by atoms with E-state index in [0.717, 1.165) is 39.0 Å². The van der Waals surface area contributed by atoms with Crippen LogP contribution in [0.3, 0.4) is 0 Å². The van der Waals surface area contributed by atoms with Gasteiger partial charge in [-0.15, -0.1) is 0 Å². The van der Waals surface area contributed by atoms with Crippen LogP contribution in [0.2, 0.25) is 0 Å². The zero-order valence-electron chi connectivity index (χ0n) is 11.7. The van der Waals surface area contributed by atoms with Crippen molar-refractivity contribution in [1.82, 2.24) is 15.5 Å². The minimum atomic E-state index is 0.172. The Morgan fingerprint density at radius 1 is 1.44 bits per heavy atom. The zero-order valence-corrected chi connectivity index (χ0v) is 11.7. The SMILES string of the molecule is CCN1CCCC(NC(=O)C2CNCC(C)C2)C1. The van der Waals surface area contributed by atoms with Crippen LogP contribution in [0.1, 0.15) is 33.1 Å². The third kappa shape index (κ3) is 3.69. The lowest BCUT2D eigenvalue weighted by Gasteiger charge is -2.34. The third-order valence-corrected chi connectivity index (χ3v) is 4.24. The minimum absolute atomic E-state index is 0.172. The summed E-state index contributed by atoms with van der Waals surface area (Å²) >= 11 is 0. The van der Waals surface area contributed by atoms with E-state index in [2.05, 4.69) is 29.4 Å². The predicted molar refractivity (Wildman–Crippen MR) is 73.4 cm³/mol. The summed E-state index contributed by atoms with van der Waals surface area (Å²) in [6.07, 6.45) is 3.37. The van der Waals surface area contributed by atoms with Gasteiger partial charge in [-0.1, -0.05) is 13.8 Å². The molecule has 2 N–H and O–H groups in total. The van der Waals surface area contributed by atoms with E-state index in [-0.39, 0.29) is 11.8 Å². The number of hydrogen-bond donors (Lipinski definition) is 2. The van der Waals surface area contributed by atoms with Gasteiger partial charge in [-0.25, -0.2) is 0 Å². The molecule has 0 aromatic heterocycles. The van der Waals surface area contributed by atoms with Gasteiger partial charge in [0.1, 0.15) is 0 Å². The number of nitrogens with zero attached hydrogens (tertiary/aromatic N) is 1. The zero-order chi connectivity index (χ0) is 13.0.